The van der Waals surface area contributed by atoms with Gasteiger partial charge in [-0.15, -0.1) is 0 Å². The van der Waals surface area contributed by atoms with Gasteiger partial charge in [0.05, 0.1) is 16.6 Å². The molecule has 3 aliphatic rings. The Hall–Kier alpha value is -1.26. The summed E-state index contributed by atoms with van der Waals surface area (Å²) in [5.74, 6) is 3.13. The minimum atomic E-state index is 0.0822. The van der Waals surface area contributed by atoms with Gasteiger partial charge in [0.25, 0.3) is 0 Å². The van der Waals surface area contributed by atoms with Gasteiger partial charge >= 0.3 is 0 Å². The Morgan fingerprint density at radius 1 is 1.18 bits per heavy atom. The van der Waals surface area contributed by atoms with Crippen molar-refractivity contribution in [3.63, 3.8) is 0 Å². The standard InChI is InChI=1S/C22H30Cl2N4/c1-4-6-17(7-5-2)28-13-15-10-11-27(19-9-8-16(23)12-18(19)24)21-20(15)22(28)26-14(3)25-21/h8-9,12,15,17,20-21H,4-7,10-11,13H2,1-3H3/t15-,20?,21?/m0/s1. The number of halogens is 2. The Morgan fingerprint density at radius 2 is 1.93 bits per heavy atom. The van der Waals surface area contributed by atoms with Crippen LogP contribution in [0.3, 0.4) is 0 Å². The van der Waals surface area contributed by atoms with Crippen LogP contribution >= 0.6 is 23.2 Å². The predicted molar refractivity (Wildman–Crippen MR) is 120 cm³/mol. The molecule has 2 fully saturated rings. The van der Waals surface area contributed by atoms with E-state index in [4.69, 9.17) is 33.2 Å². The van der Waals surface area contributed by atoms with E-state index in [1.165, 1.54) is 31.5 Å². The molecule has 152 valence electrons. The molecule has 1 aromatic carbocycles. The van der Waals surface area contributed by atoms with Crippen molar-refractivity contribution in [3.8, 4) is 0 Å². The van der Waals surface area contributed by atoms with Gasteiger partial charge in [0.2, 0.25) is 0 Å². The first-order chi connectivity index (χ1) is 13.5. The number of hydrogen-bond acceptors (Lipinski definition) is 4. The van der Waals surface area contributed by atoms with Gasteiger partial charge in [-0.1, -0.05) is 49.9 Å². The summed E-state index contributed by atoms with van der Waals surface area (Å²) in [5.41, 5.74) is 1.03. The summed E-state index contributed by atoms with van der Waals surface area (Å²) in [7, 11) is 0. The number of hydrogen-bond donors (Lipinski definition) is 0. The van der Waals surface area contributed by atoms with Crippen LogP contribution in [0.25, 0.3) is 0 Å². The van der Waals surface area contributed by atoms with Crippen molar-refractivity contribution in [1.29, 1.82) is 0 Å². The summed E-state index contributed by atoms with van der Waals surface area (Å²) < 4.78 is 0. The lowest BCUT2D eigenvalue weighted by Crippen LogP contribution is -2.52. The summed E-state index contributed by atoms with van der Waals surface area (Å²) in [6.45, 7) is 8.69. The fourth-order valence-electron chi connectivity index (χ4n) is 5.25. The largest absolute Gasteiger partial charge is 0.356 e. The minimum Gasteiger partial charge on any atom is -0.356 e. The van der Waals surface area contributed by atoms with Gasteiger partial charge in [0, 0.05) is 24.2 Å². The van der Waals surface area contributed by atoms with Crippen molar-refractivity contribution < 1.29 is 0 Å². The van der Waals surface area contributed by atoms with Crippen LogP contribution in [0.1, 0.15) is 52.9 Å². The van der Waals surface area contributed by atoms with Crippen LogP contribution in [0, 0.1) is 11.8 Å². The van der Waals surface area contributed by atoms with Gasteiger partial charge in [0.15, 0.2) is 0 Å². The molecule has 3 heterocycles. The average molecular weight is 421 g/mol. The first-order valence-corrected chi connectivity index (χ1v) is 11.4. The van der Waals surface area contributed by atoms with E-state index >= 15 is 0 Å². The molecule has 0 spiro atoms. The van der Waals surface area contributed by atoms with E-state index in [2.05, 4.69) is 23.6 Å². The normalized spacial score (nSPS) is 26.4. The molecule has 4 rings (SSSR count). The molecule has 3 aliphatic heterocycles. The maximum Gasteiger partial charge on any atom is 0.133 e. The van der Waals surface area contributed by atoms with Gasteiger partial charge < -0.3 is 9.80 Å². The molecule has 0 N–H and O–H groups in total. The van der Waals surface area contributed by atoms with Crippen molar-refractivity contribution in [1.82, 2.24) is 4.90 Å². The van der Waals surface area contributed by atoms with Gasteiger partial charge in [-0.25, -0.2) is 9.98 Å². The number of amidine groups is 2. The number of likely N-dealkylation sites (tertiary alicyclic amines) is 1. The lowest BCUT2D eigenvalue weighted by atomic mass is 9.84. The van der Waals surface area contributed by atoms with Gasteiger partial charge in [-0.05, 0) is 50.3 Å². The van der Waals surface area contributed by atoms with Crippen LogP contribution in [0.15, 0.2) is 28.2 Å². The molecule has 2 saturated heterocycles. The van der Waals surface area contributed by atoms with Crippen molar-refractivity contribution in [2.75, 3.05) is 18.0 Å². The molecule has 0 aromatic heterocycles. The molecule has 6 heteroatoms. The SMILES string of the molecule is CCCC(CCC)N1C[C@@H]2CCN(c3ccc(Cl)cc3Cl)C3N=C(C)N=C1C32. The van der Waals surface area contributed by atoms with Gasteiger partial charge in [-0.3, -0.25) is 0 Å². The number of nitrogens with zero attached hydrogens (tertiary/aromatic N) is 4. The van der Waals surface area contributed by atoms with Crippen LogP contribution in [-0.4, -0.2) is 41.9 Å². The molecule has 0 saturated carbocycles. The second-order valence-corrected chi connectivity index (χ2v) is 9.15. The molecular weight excluding hydrogens is 391 g/mol. The zero-order chi connectivity index (χ0) is 19.8. The smallest absolute Gasteiger partial charge is 0.133 e. The molecule has 1 aromatic rings. The van der Waals surface area contributed by atoms with Crippen LogP contribution in [-0.2, 0) is 0 Å². The van der Waals surface area contributed by atoms with E-state index in [0.29, 0.717) is 27.9 Å². The van der Waals surface area contributed by atoms with Crippen LogP contribution in [0.2, 0.25) is 10.0 Å². The molecular formula is C22H30Cl2N4. The summed E-state index contributed by atoms with van der Waals surface area (Å²) in [6.07, 6.45) is 6.13. The lowest BCUT2D eigenvalue weighted by Gasteiger charge is -2.43. The first-order valence-electron chi connectivity index (χ1n) is 10.6. The van der Waals surface area contributed by atoms with Crippen LogP contribution < -0.4 is 4.90 Å². The lowest BCUT2D eigenvalue weighted by molar-refractivity contribution is 0.253. The quantitative estimate of drug-likeness (QED) is 0.575. The highest BCUT2D eigenvalue weighted by Crippen LogP contribution is 2.44. The molecule has 0 aliphatic carbocycles. The number of anilines is 1. The maximum absolute atomic E-state index is 6.57. The maximum atomic E-state index is 6.57. The Balaban J connectivity index is 1.67. The Bertz CT molecular complexity index is 785. The average Bonchev–Trinajstić information content (AvgIpc) is 3.02. The summed E-state index contributed by atoms with van der Waals surface area (Å²) >= 11 is 12.7. The second-order valence-electron chi connectivity index (χ2n) is 8.31. The number of rotatable bonds is 6. The van der Waals surface area contributed by atoms with Crippen molar-refractivity contribution in [3.05, 3.63) is 28.2 Å². The zero-order valence-electron chi connectivity index (χ0n) is 17.0. The van der Waals surface area contributed by atoms with Crippen molar-refractivity contribution >= 4 is 40.6 Å². The van der Waals surface area contributed by atoms with Gasteiger partial charge in [-0.2, -0.15) is 0 Å². The van der Waals surface area contributed by atoms with E-state index in [1.54, 1.807) is 0 Å². The molecule has 2 unspecified atom stereocenters. The van der Waals surface area contributed by atoms with E-state index < -0.39 is 0 Å². The monoisotopic (exact) mass is 420 g/mol. The van der Waals surface area contributed by atoms with E-state index in [-0.39, 0.29) is 6.17 Å². The fourth-order valence-corrected chi connectivity index (χ4v) is 5.77. The summed E-state index contributed by atoms with van der Waals surface area (Å²) in [4.78, 5) is 15.0. The fraction of sp³-hybridized carbons (Fsp3) is 0.636. The second kappa shape index (κ2) is 8.23. The molecule has 0 radical (unpaired) electrons. The van der Waals surface area contributed by atoms with Gasteiger partial charge in [0.1, 0.15) is 17.8 Å². The number of benzene rings is 1. The third-order valence-electron chi connectivity index (χ3n) is 6.41. The highest BCUT2D eigenvalue weighted by molar-refractivity contribution is 6.36. The minimum absolute atomic E-state index is 0.0822. The van der Waals surface area contributed by atoms with Crippen LogP contribution in [0.5, 0.6) is 0 Å². The highest BCUT2D eigenvalue weighted by atomic mass is 35.5. The van der Waals surface area contributed by atoms with Crippen LogP contribution in [0.4, 0.5) is 5.69 Å². The Labute approximate surface area is 178 Å². The predicted octanol–water partition coefficient (Wildman–Crippen LogP) is 5.88. The molecule has 28 heavy (non-hydrogen) atoms. The molecule has 0 amide bonds. The van der Waals surface area contributed by atoms with E-state index in [1.807, 2.05) is 25.1 Å². The first kappa shape index (κ1) is 20.0. The van der Waals surface area contributed by atoms with E-state index in [0.717, 1.165) is 31.0 Å². The summed E-state index contributed by atoms with van der Waals surface area (Å²) in [5, 5.41) is 1.37. The third-order valence-corrected chi connectivity index (χ3v) is 6.95. The topological polar surface area (TPSA) is 31.2 Å². The Morgan fingerprint density at radius 3 is 2.61 bits per heavy atom. The third kappa shape index (κ3) is 3.54. The summed E-state index contributed by atoms with van der Waals surface area (Å²) in [6, 6.07) is 6.38. The zero-order valence-corrected chi connectivity index (χ0v) is 18.5. The molecule has 3 atom stereocenters. The van der Waals surface area contributed by atoms with Crippen molar-refractivity contribution in [2.24, 2.45) is 21.8 Å². The number of piperidine rings is 1. The number of aliphatic imine (C=N–C) groups is 2. The highest BCUT2D eigenvalue weighted by Gasteiger charge is 2.50. The van der Waals surface area contributed by atoms with Crippen molar-refractivity contribution in [2.45, 2.75) is 65.1 Å². The van der Waals surface area contributed by atoms with E-state index in [9.17, 15) is 0 Å². The Kier molecular flexibility index (Phi) is 5.89. The molecule has 4 nitrogen and oxygen atoms in total. The molecule has 0 bridgehead atoms.